The third kappa shape index (κ3) is 1.37. The minimum absolute atomic E-state index is 0.795. The fourth-order valence-electron chi connectivity index (χ4n) is 1.50. The maximum atomic E-state index is 5.67. The number of fused-ring (bicyclic) bond motifs is 1. The number of nitrogens with two attached hydrogens (primary N) is 1. The summed E-state index contributed by atoms with van der Waals surface area (Å²) in [7, 11) is 0. The molecule has 0 bridgehead atoms. The van der Waals surface area contributed by atoms with Crippen molar-refractivity contribution in [3.63, 3.8) is 0 Å². The number of nitrogen functional groups attached to an aromatic ring is 1. The fourth-order valence-corrected chi connectivity index (χ4v) is 1.50. The van der Waals surface area contributed by atoms with Crippen molar-refractivity contribution in [3.05, 3.63) is 24.4 Å². The summed E-state index contributed by atoms with van der Waals surface area (Å²) in [6, 6.07) is 5.89. The molecular formula is C10H13N3. The summed E-state index contributed by atoms with van der Waals surface area (Å²) in [6.45, 7) is 3.11. The standard InChI is InChI=1S/C10H13N3/c1-2-5-13-10-4-3-9(11)6-8(10)7-12-13/h3-4,6-7H,2,5,11H2,1H3. The van der Waals surface area contributed by atoms with Crippen LogP contribution in [0.2, 0.25) is 0 Å². The highest BCUT2D eigenvalue weighted by Gasteiger charge is 2.00. The van der Waals surface area contributed by atoms with E-state index >= 15 is 0 Å². The Morgan fingerprint density at radius 2 is 2.31 bits per heavy atom. The Morgan fingerprint density at radius 1 is 1.46 bits per heavy atom. The lowest BCUT2D eigenvalue weighted by Gasteiger charge is -2.00. The van der Waals surface area contributed by atoms with Crippen LogP contribution in [0.25, 0.3) is 10.9 Å². The van der Waals surface area contributed by atoms with Gasteiger partial charge in [-0.25, -0.2) is 0 Å². The Labute approximate surface area is 77.2 Å². The average Bonchev–Trinajstić information content (AvgIpc) is 2.49. The fraction of sp³-hybridized carbons (Fsp3) is 0.300. The lowest BCUT2D eigenvalue weighted by atomic mass is 10.2. The number of hydrogen-bond donors (Lipinski definition) is 1. The van der Waals surface area contributed by atoms with Gasteiger partial charge in [-0.2, -0.15) is 5.10 Å². The zero-order valence-electron chi connectivity index (χ0n) is 7.70. The molecule has 0 unspecified atom stereocenters. The van der Waals surface area contributed by atoms with E-state index in [1.165, 1.54) is 0 Å². The van der Waals surface area contributed by atoms with E-state index in [1.807, 2.05) is 29.1 Å². The van der Waals surface area contributed by atoms with E-state index < -0.39 is 0 Å². The third-order valence-electron chi connectivity index (χ3n) is 2.10. The Hall–Kier alpha value is -1.51. The molecule has 0 spiro atoms. The predicted molar refractivity (Wildman–Crippen MR) is 54.4 cm³/mol. The Balaban J connectivity index is 2.55. The van der Waals surface area contributed by atoms with Gasteiger partial charge in [0.2, 0.25) is 0 Å². The normalized spacial score (nSPS) is 10.8. The summed E-state index contributed by atoms with van der Waals surface area (Å²) in [5.41, 5.74) is 7.63. The summed E-state index contributed by atoms with van der Waals surface area (Å²) >= 11 is 0. The first-order valence-corrected chi connectivity index (χ1v) is 4.52. The van der Waals surface area contributed by atoms with Gasteiger partial charge in [0, 0.05) is 17.6 Å². The Kier molecular flexibility index (Phi) is 1.93. The van der Waals surface area contributed by atoms with Gasteiger partial charge in [-0.1, -0.05) is 6.92 Å². The largest absolute Gasteiger partial charge is 0.399 e. The molecule has 0 aliphatic rings. The van der Waals surface area contributed by atoms with E-state index in [1.54, 1.807) is 0 Å². The molecule has 1 aromatic heterocycles. The molecule has 68 valence electrons. The first-order valence-electron chi connectivity index (χ1n) is 4.52. The SMILES string of the molecule is CCCn1ncc2cc(N)ccc21. The summed E-state index contributed by atoms with van der Waals surface area (Å²) in [4.78, 5) is 0. The number of benzene rings is 1. The Bertz CT molecular complexity index is 417. The topological polar surface area (TPSA) is 43.8 Å². The monoisotopic (exact) mass is 175 g/mol. The van der Waals surface area contributed by atoms with Gasteiger partial charge in [-0.05, 0) is 24.6 Å². The highest BCUT2D eigenvalue weighted by molar-refractivity contribution is 5.81. The van der Waals surface area contributed by atoms with Crippen molar-refractivity contribution in [2.24, 2.45) is 0 Å². The van der Waals surface area contributed by atoms with Gasteiger partial charge in [0.15, 0.2) is 0 Å². The maximum Gasteiger partial charge on any atom is 0.0683 e. The number of aromatic nitrogens is 2. The second-order valence-electron chi connectivity index (χ2n) is 3.19. The van der Waals surface area contributed by atoms with Crippen molar-refractivity contribution in [1.29, 1.82) is 0 Å². The van der Waals surface area contributed by atoms with Crippen molar-refractivity contribution in [2.75, 3.05) is 5.73 Å². The van der Waals surface area contributed by atoms with Crippen LogP contribution >= 0.6 is 0 Å². The lowest BCUT2D eigenvalue weighted by Crippen LogP contribution is -1.97. The minimum Gasteiger partial charge on any atom is -0.399 e. The van der Waals surface area contributed by atoms with Gasteiger partial charge in [-0.15, -0.1) is 0 Å². The molecule has 1 heterocycles. The number of nitrogens with zero attached hydrogens (tertiary/aromatic N) is 2. The Morgan fingerprint density at radius 3 is 3.08 bits per heavy atom. The molecule has 0 radical (unpaired) electrons. The highest BCUT2D eigenvalue weighted by atomic mass is 15.3. The van der Waals surface area contributed by atoms with E-state index in [2.05, 4.69) is 12.0 Å². The molecule has 0 atom stereocenters. The van der Waals surface area contributed by atoms with Gasteiger partial charge >= 0.3 is 0 Å². The molecule has 3 heteroatoms. The quantitative estimate of drug-likeness (QED) is 0.710. The molecule has 13 heavy (non-hydrogen) atoms. The van der Waals surface area contributed by atoms with Gasteiger partial charge in [0.1, 0.15) is 0 Å². The van der Waals surface area contributed by atoms with Crippen LogP contribution in [0.15, 0.2) is 24.4 Å². The average molecular weight is 175 g/mol. The molecule has 1 aromatic carbocycles. The van der Waals surface area contributed by atoms with Gasteiger partial charge < -0.3 is 5.73 Å². The van der Waals surface area contributed by atoms with Crippen LogP contribution in [0.5, 0.6) is 0 Å². The van der Waals surface area contributed by atoms with Crippen LogP contribution in [0.4, 0.5) is 5.69 Å². The van der Waals surface area contributed by atoms with Crippen LogP contribution in [0.1, 0.15) is 13.3 Å². The highest BCUT2D eigenvalue weighted by Crippen LogP contribution is 2.16. The molecule has 0 fully saturated rings. The van der Waals surface area contributed by atoms with Crippen molar-refractivity contribution in [2.45, 2.75) is 19.9 Å². The zero-order chi connectivity index (χ0) is 9.26. The van der Waals surface area contributed by atoms with Crippen LogP contribution in [-0.2, 0) is 6.54 Å². The first-order chi connectivity index (χ1) is 6.31. The zero-order valence-corrected chi connectivity index (χ0v) is 7.70. The molecule has 2 N–H and O–H groups in total. The van der Waals surface area contributed by atoms with Crippen molar-refractivity contribution in [3.8, 4) is 0 Å². The van der Waals surface area contributed by atoms with Crippen LogP contribution < -0.4 is 5.73 Å². The number of hydrogen-bond acceptors (Lipinski definition) is 2. The smallest absolute Gasteiger partial charge is 0.0683 e. The van der Waals surface area contributed by atoms with Crippen molar-refractivity contribution >= 4 is 16.6 Å². The summed E-state index contributed by atoms with van der Waals surface area (Å²) < 4.78 is 2.01. The maximum absolute atomic E-state index is 5.67. The van der Waals surface area contributed by atoms with E-state index in [-0.39, 0.29) is 0 Å². The molecule has 0 aliphatic heterocycles. The van der Waals surface area contributed by atoms with Crippen LogP contribution in [0, 0.1) is 0 Å². The molecule has 3 nitrogen and oxygen atoms in total. The summed E-state index contributed by atoms with van der Waals surface area (Å²) in [6.07, 6.45) is 2.96. The molecule has 0 aliphatic carbocycles. The lowest BCUT2D eigenvalue weighted by molar-refractivity contribution is 0.622. The van der Waals surface area contributed by atoms with E-state index in [4.69, 9.17) is 5.73 Å². The minimum atomic E-state index is 0.795. The van der Waals surface area contributed by atoms with E-state index in [9.17, 15) is 0 Å². The van der Waals surface area contributed by atoms with Gasteiger partial charge in [0.25, 0.3) is 0 Å². The number of rotatable bonds is 2. The van der Waals surface area contributed by atoms with Gasteiger partial charge in [-0.3, -0.25) is 4.68 Å². The molecule has 0 saturated heterocycles. The number of anilines is 1. The van der Waals surface area contributed by atoms with Crippen molar-refractivity contribution in [1.82, 2.24) is 9.78 Å². The summed E-state index contributed by atoms with van der Waals surface area (Å²) in [5, 5.41) is 5.41. The van der Waals surface area contributed by atoms with Crippen LogP contribution in [0.3, 0.4) is 0 Å². The third-order valence-corrected chi connectivity index (χ3v) is 2.10. The molecule has 2 aromatic rings. The molecule has 2 rings (SSSR count). The van der Waals surface area contributed by atoms with E-state index in [0.29, 0.717) is 0 Å². The predicted octanol–water partition coefficient (Wildman–Crippen LogP) is 2.03. The van der Waals surface area contributed by atoms with Crippen LogP contribution in [-0.4, -0.2) is 9.78 Å². The molecular weight excluding hydrogens is 162 g/mol. The first kappa shape index (κ1) is 8.10. The second-order valence-corrected chi connectivity index (χ2v) is 3.19. The molecule has 0 amide bonds. The summed E-state index contributed by atoms with van der Waals surface area (Å²) in [5.74, 6) is 0. The van der Waals surface area contributed by atoms with E-state index in [0.717, 1.165) is 29.6 Å². The number of aryl methyl sites for hydroxylation is 1. The second kappa shape index (κ2) is 3.09. The van der Waals surface area contributed by atoms with Crippen molar-refractivity contribution < 1.29 is 0 Å². The molecule has 0 saturated carbocycles. The van der Waals surface area contributed by atoms with Gasteiger partial charge in [0.05, 0.1) is 11.7 Å².